The maximum atomic E-state index is 15.0. The summed E-state index contributed by atoms with van der Waals surface area (Å²) in [6.07, 6.45) is 10.6. The minimum Gasteiger partial charge on any atom is -0.494 e. The minimum atomic E-state index is -1.03. The van der Waals surface area contributed by atoms with Gasteiger partial charge in [-0.05, 0) is 59.4 Å². The smallest absolute Gasteiger partial charge is 0.338 e. The Bertz CT molecular complexity index is 1270. The standard InChI is InChI=1S/C35H43FO5/c1-4-6-7-8-9-10-11-12-21-40-29-18-20-31(34(37)38)32(23-29)27-15-13-26(14-16-27)30-19-17-28(22-33(30)36)35(39)41-24-25(3)5-2/h13-20,22-23,25H,4-12,21,24H2,1-3H3,(H,37,38)/t25-/m0/s1. The van der Waals surface area contributed by atoms with E-state index in [1.807, 2.05) is 13.8 Å². The van der Waals surface area contributed by atoms with E-state index in [1.165, 1.54) is 44.6 Å². The number of hydrogen-bond acceptors (Lipinski definition) is 4. The number of benzene rings is 3. The van der Waals surface area contributed by atoms with Crippen LogP contribution < -0.4 is 4.74 Å². The number of carboxylic acid groups (broad SMARTS) is 1. The molecular formula is C35H43FO5. The Morgan fingerprint density at radius 1 is 0.805 bits per heavy atom. The summed E-state index contributed by atoms with van der Waals surface area (Å²) in [6, 6.07) is 16.3. The van der Waals surface area contributed by atoms with Gasteiger partial charge in [-0.25, -0.2) is 14.0 Å². The van der Waals surface area contributed by atoms with Crippen molar-refractivity contribution in [3.05, 3.63) is 77.6 Å². The average Bonchev–Trinajstić information content (AvgIpc) is 2.98. The van der Waals surface area contributed by atoms with Gasteiger partial charge in [0.25, 0.3) is 0 Å². The van der Waals surface area contributed by atoms with E-state index in [1.54, 1.807) is 54.6 Å². The van der Waals surface area contributed by atoms with Crippen LogP contribution in [0.15, 0.2) is 60.7 Å². The van der Waals surface area contributed by atoms with E-state index < -0.39 is 17.8 Å². The summed E-state index contributed by atoms with van der Waals surface area (Å²) >= 11 is 0. The lowest BCUT2D eigenvalue weighted by molar-refractivity contribution is 0.0446. The van der Waals surface area contributed by atoms with E-state index in [-0.39, 0.29) is 17.0 Å². The van der Waals surface area contributed by atoms with Crippen molar-refractivity contribution in [3.8, 4) is 28.0 Å². The number of aromatic carboxylic acids is 1. The molecule has 41 heavy (non-hydrogen) atoms. The highest BCUT2D eigenvalue weighted by molar-refractivity contribution is 5.96. The molecule has 0 radical (unpaired) electrons. The van der Waals surface area contributed by atoms with Crippen molar-refractivity contribution in [1.29, 1.82) is 0 Å². The minimum absolute atomic E-state index is 0.168. The summed E-state index contributed by atoms with van der Waals surface area (Å²) < 4.78 is 26.2. The fraction of sp³-hybridized carbons (Fsp3) is 0.429. The predicted molar refractivity (Wildman–Crippen MR) is 162 cm³/mol. The number of rotatable bonds is 17. The molecule has 0 heterocycles. The van der Waals surface area contributed by atoms with Gasteiger partial charge in [-0.2, -0.15) is 0 Å². The third-order valence-electron chi connectivity index (χ3n) is 7.40. The van der Waals surface area contributed by atoms with E-state index >= 15 is 0 Å². The fourth-order valence-corrected chi connectivity index (χ4v) is 4.59. The van der Waals surface area contributed by atoms with E-state index in [0.717, 1.165) is 19.3 Å². The molecule has 0 aromatic heterocycles. The van der Waals surface area contributed by atoms with Crippen LogP contribution in [0.5, 0.6) is 5.75 Å². The highest BCUT2D eigenvalue weighted by Gasteiger charge is 2.16. The molecule has 0 aliphatic carbocycles. The molecule has 0 aliphatic heterocycles. The molecule has 0 unspecified atom stereocenters. The lowest BCUT2D eigenvalue weighted by Crippen LogP contribution is -2.11. The molecule has 0 saturated heterocycles. The molecule has 5 nitrogen and oxygen atoms in total. The Kier molecular flexibility index (Phi) is 12.9. The second-order valence-electron chi connectivity index (χ2n) is 10.7. The molecule has 0 spiro atoms. The number of carbonyl (C=O) groups is 2. The summed E-state index contributed by atoms with van der Waals surface area (Å²) in [7, 11) is 0. The van der Waals surface area contributed by atoms with Gasteiger partial charge in [0, 0.05) is 5.56 Å². The van der Waals surface area contributed by atoms with Crippen molar-refractivity contribution < 1.29 is 28.6 Å². The monoisotopic (exact) mass is 562 g/mol. The molecule has 3 aromatic carbocycles. The predicted octanol–water partition coefficient (Wildman–Crippen LogP) is 9.58. The van der Waals surface area contributed by atoms with E-state index in [2.05, 4.69) is 6.92 Å². The van der Waals surface area contributed by atoms with Crippen molar-refractivity contribution >= 4 is 11.9 Å². The lowest BCUT2D eigenvalue weighted by atomic mass is 9.96. The molecular weight excluding hydrogens is 519 g/mol. The van der Waals surface area contributed by atoms with E-state index in [4.69, 9.17) is 9.47 Å². The fourth-order valence-electron chi connectivity index (χ4n) is 4.59. The highest BCUT2D eigenvalue weighted by atomic mass is 19.1. The molecule has 3 rings (SSSR count). The van der Waals surface area contributed by atoms with Crippen LogP contribution in [0.3, 0.4) is 0 Å². The molecule has 0 fully saturated rings. The highest BCUT2D eigenvalue weighted by Crippen LogP contribution is 2.31. The summed E-state index contributed by atoms with van der Waals surface area (Å²) in [4.78, 5) is 24.2. The quantitative estimate of drug-likeness (QED) is 0.131. The van der Waals surface area contributed by atoms with Crippen LogP contribution in [0.2, 0.25) is 0 Å². The maximum Gasteiger partial charge on any atom is 0.338 e. The Labute approximate surface area is 243 Å². The zero-order valence-corrected chi connectivity index (χ0v) is 24.6. The van der Waals surface area contributed by atoms with Gasteiger partial charge in [0.1, 0.15) is 11.6 Å². The van der Waals surface area contributed by atoms with Gasteiger partial charge >= 0.3 is 11.9 Å². The van der Waals surface area contributed by atoms with Crippen molar-refractivity contribution in [1.82, 2.24) is 0 Å². The van der Waals surface area contributed by atoms with Crippen molar-refractivity contribution in [2.75, 3.05) is 13.2 Å². The number of hydrogen-bond donors (Lipinski definition) is 1. The second-order valence-corrected chi connectivity index (χ2v) is 10.7. The van der Waals surface area contributed by atoms with E-state index in [9.17, 15) is 19.1 Å². The number of unbranched alkanes of at least 4 members (excludes halogenated alkanes) is 7. The van der Waals surface area contributed by atoms with Crippen LogP contribution in [0.4, 0.5) is 4.39 Å². The molecule has 1 N–H and O–H groups in total. The van der Waals surface area contributed by atoms with Crippen molar-refractivity contribution in [2.45, 2.75) is 78.6 Å². The van der Waals surface area contributed by atoms with Crippen LogP contribution in [-0.4, -0.2) is 30.3 Å². The SMILES string of the molecule is CCCCCCCCCCOc1ccc(C(=O)O)c(-c2ccc(-c3ccc(C(=O)OC[C@@H](C)CC)cc3F)cc2)c1. The summed E-state index contributed by atoms with van der Waals surface area (Å²) in [5.41, 5.74) is 2.53. The Morgan fingerprint density at radius 2 is 1.44 bits per heavy atom. The van der Waals surface area contributed by atoms with E-state index in [0.29, 0.717) is 41.2 Å². The summed E-state index contributed by atoms with van der Waals surface area (Å²) in [5.74, 6) is -1.24. The lowest BCUT2D eigenvalue weighted by Gasteiger charge is -2.12. The van der Waals surface area contributed by atoms with Crippen LogP contribution in [0, 0.1) is 11.7 Å². The van der Waals surface area contributed by atoms with Crippen LogP contribution >= 0.6 is 0 Å². The van der Waals surface area contributed by atoms with Gasteiger partial charge in [-0.1, -0.05) is 102 Å². The van der Waals surface area contributed by atoms with Crippen molar-refractivity contribution in [3.63, 3.8) is 0 Å². The second kappa shape index (κ2) is 16.6. The Balaban J connectivity index is 1.66. The Morgan fingerprint density at radius 3 is 2.05 bits per heavy atom. The molecule has 6 heteroatoms. The topological polar surface area (TPSA) is 72.8 Å². The Hall–Kier alpha value is -3.67. The van der Waals surface area contributed by atoms with Gasteiger partial charge < -0.3 is 14.6 Å². The van der Waals surface area contributed by atoms with Gasteiger partial charge in [-0.15, -0.1) is 0 Å². The first-order valence-corrected chi connectivity index (χ1v) is 14.9. The maximum absolute atomic E-state index is 15.0. The van der Waals surface area contributed by atoms with Crippen molar-refractivity contribution in [2.24, 2.45) is 5.92 Å². The summed E-state index contributed by atoms with van der Waals surface area (Å²) in [6.45, 7) is 7.11. The number of halogens is 1. The van der Waals surface area contributed by atoms with Gasteiger partial charge in [0.2, 0.25) is 0 Å². The van der Waals surface area contributed by atoms with Crippen LogP contribution in [0.1, 0.15) is 99.3 Å². The third-order valence-corrected chi connectivity index (χ3v) is 7.40. The molecule has 1 atom stereocenters. The van der Waals surface area contributed by atoms with Crippen LogP contribution in [-0.2, 0) is 4.74 Å². The zero-order valence-electron chi connectivity index (χ0n) is 24.6. The molecule has 0 saturated carbocycles. The largest absolute Gasteiger partial charge is 0.494 e. The number of carbonyl (C=O) groups excluding carboxylic acids is 1. The number of carboxylic acids is 1. The normalized spacial score (nSPS) is 11.7. The number of ether oxygens (including phenoxy) is 2. The zero-order chi connectivity index (χ0) is 29.6. The molecule has 0 aliphatic rings. The van der Waals surface area contributed by atoms with Crippen LogP contribution in [0.25, 0.3) is 22.3 Å². The number of esters is 1. The molecule has 220 valence electrons. The molecule has 0 bridgehead atoms. The first-order chi connectivity index (χ1) is 19.8. The summed E-state index contributed by atoms with van der Waals surface area (Å²) in [5, 5.41) is 9.76. The van der Waals surface area contributed by atoms with Gasteiger partial charge in [0.15, 0.2) is 0 Å². The first-order valence-electron chi connectivity index (χ1n) is 14.9. The third kappa shape index (κ3) is 9.73. The molecule has 3 aromatic rings. The average molecular weight is 563 g/mol. The van der Waals surface area contributed by atoms with Gasteiger partial charge in [-0.3, -0.25) is 0 Å². The van der Waals surface area contributed by atoms with Gasteiger partial charge in [0.05, 0.1) is 24.3 Å². The molecule has 0 amide bonds. The first kappa shape index (κ1) is 31.9.